The maximum Gasteiger partial charge on any atom is 0.301 e. The van der Waals surface area contributed by atoms with Crippen molar-refractivity contribution in [3.8, 4) is 17.2 Å². The molecular formula is C32H28N2O6S. The van der Waals surface area contributed by atoms with Crippen LogP contribution >= 0.6 is 11.3 Å². The number of thiazole rings is 1. The molecular weight excluding hydrogens is 540 g/mol. The smallest absolute Gasteiger partial charge is 0.301 e. The van der Waals surface area contributed by atoms with Gasteiger partial charge in [-0.25, -0.2) is 4.98 Å². The van der Waals surface area contributed by atoms with Gasteiger partial charge >= 0.3 is 5.91 Å². The molecule has 8 nitrogen and oxygen atoms in total. The highest BCUT2D eigenvalue weighted by molar-refractivity contribution is 7.22. The summed E-state index contributed by atoms with van der Waals surface area (Å²) in [5.41, 5.74) is 2.68. The normalized spacial score (nSPS) is 19.3. The third-order valence-electron chi connectivity index (χ3n) is 7.04. The summed E-state index contributed by atoms with van der Waals surface area (Å²) < 4.78 is 17.9. The number of Topliss-reactive ketones (excluding diaryl/α,β-unsaturated/α-hetero) is 1. The van der Waals surface area contributed by atoms with Gasteiger partial charge in [0.25, 0.3) is 5.78 Å². The van der Waals surface area contributed by atoms with Crippen molar-refractivity contribution in [2.24, 2.45) is 0 Å². The topological polar surface area (TPSA) is 98.2 Å². The number of ketones is 1. The predicted octanol–water partition coefficient (Wildman–Crippen LogP) is 6.21. The molecule has 6 rings (SSSR count). The van der Waals surface area contributed by atoms with Crippen LogP contribution in [0.5, 0.6) is 17.2 Å². The van der Waals surface area contributed by atoms with Gasteiger partial charge in [0.05, 0.1) is 28.4 Å². The third-order valence-corrected chi connectivity index (χ3v) is 8.06. The number of ether oxygens (including phenoxy) is 3. The number of aliphatic hydroxyl groups is 1. The van der Waals surface area contributed by atoms with Gasteiger partial charge in [-0.1, -0.05) is 36.1 Å². The van der Waals surface area contributed by atoms with Crippen LogP contribution in [0.1, 0.15) is 36.6 Å². The van der Waals surface area contributed by atoms with E-state index >= 15 is 0 Å². The van der Waals surface area contributed by atoms with E-state index in [9.17, 15) is 14.7 Å². The Morgan fingerprint density at radius 1 is 1.12 bits per heavy atom. The second-order valence-electron chi connectivity index (χ2n) is 9.85. The van der Waals surface area contributed by atoms with Crippen LogP contribution in [0, 0.1) is 0 Å². The number of hydrogen-bond donors (Lipinski definition) is 1. The summed E-state index contributed by atoms with van der Waals surface area (Å²) in [7, 11) is 0. The van der Waals surface area contributed by atoms with E-state index in [0.29, 0.717) is 52.9 Å². The standard InChI is InChI=1S/C32H28N2O6S/c1-4-14-39-22-9-6-19(7-10-22)28-27(29(35)20-8-13-25-21(16-20)15-18(3)40-25)30(36)31(37)34(28)32-33-24-12-11-23(38-5-2)17-26(24)41-32/h4,6-13,16-18,28,35H,1,5,14-15H2,2-3H3/b29-27+/t18-,28-/m0/s1. The van der Waals surface area contributed by atoms with Crippen molar-refractivity contribution >= 4 is 44.1 Å². The monoisotopic (exact) mass is 568 g/mol. The van der Waals surface area contributed by atoms with E-state index in [1.165, 1.54) is 16.2 Å². The average molecular weight is 569 g/mol. The highest BCUT2D eigenvalue weighted by atomic mass is 32.1. The molecule has 2 aliphatic heterocycles. The fourth-order valence-electron chi connectivity index (χ4n) is 5.22. The van der Waals surface area contributed by atoms with Crippen LogP contribution in [0.3, 0.4) is 0 Å². The number of nitrogens with zero attached hydrogens (tertiary/aromatic N) is 2. The maximum absolute atomic E-state index is 13.6. The van der Waals surface area contributed by atoms with E-state index in [4.69, 9.17) is 19.2 Å². The van der Waals surface area contributed by atoms with Crippen molar-refractivity contribution in [2.45, 2.75) is 32.4 Å². The zero-order valence-corrected chi connectivity index (χ0v) is 23.4. The number of hydrogen-bond acceptors (Lipinski definition) is 8. The number of fused-ring (bicyclic) bond motifs is 2. The van der Waals surface area contributed by atoms with Crippen molar-refractivity contribution in [1.29, 1.82) is 0 Å². The number of aromatic nitrogens is 1. The van der Waals surface area contributed by atoms with Crippen molar-refractivity contribution in [2.75, 3.05) is 18.1 Å². The van der Waals surface area contributed by atoms with Gasteiger partial charge in [0.2, 0.25) is 0 Å². The fraction of sp³-hybridized carbons (Fsp3) is 0.219. The van der Waals surface area contributed by atoms with Crippen LogP contribution in [-0.4, -0.2) is 41.1 Å². The molecule has 2 atom stereocenters. The second-order valence-corrected chi connectivity index (χ2v) is 10.9. The summed E-state index contributed by atoms with van der Waals surface area (Å²) >= 11 is 1.28. The molecule has 0 bridgehead atoms. The molecule has 4 aromatic rings. The molecule has 0 spiro atoms. The fourth-order valence-corrected chi connectivity index (χ4v) is 6.24. The number of anilines is 1. The van der Waals surface area contributed by atoms with Crippen LogP contribution < -0.4 is 19.1 Å². The molecule has 1 amide bonds. The molecule has 1 N–H and O–H groups in total. The molecule has 41 heavy (non-hydrogen) atoms. The van der Waals surface area contributed by atoms with E-state index in [-0.39, 0.29) is 17.4 Å². The Kier molecular flexibility index (Phi) is 6.96. The van der Waals surface area contributed by atoms with Crippen LogP contribution in [0.2, 0.25) is 0 Å². The Hall–Kier alpha value is -4.63. The lowest BCUT2D eigenvalue weighted by molar-refractivity contribution is -0.132. The number of carbonyl (C=O) groups is 2. The van der Waals surface area contributed by atoms with E-state index in [0.717, 1.165) is 16.0 Å². The van der Waals surface area contributed by atoms with Crippen LogP contribution in [0.4, 0.5) is 5.13 Å². The van der Waals surface area contributed by atoms with Gasteiger partial charge in [-0.15, -0.1) is 0 Å². The molecule has 1 fully saturated rings. The lowest BCUT2D eigenvalue weighted by Crippen LogP contribution is -2.29. The lowest BCUT2D eigenvalue weighted by atomic mass is 9.94. The van der Waals surface area contributed by atoms with Gasteiger partial charge < -0.3 is 19.3 Å². The first-order valence-electron chi connectivity index (χ1n) is 13.4. The van der Waals surface area contributed by atoms with E-state index < -0.39 is 17.7 Å². The second kappa shape index (κ2) is 10.7. The number of benzene rings is 3. The quantitative estimate of drug-likeness (QED) is 0.117. The summed E-state index contributed by atoms with van der Waals surface area (Å²) in [6, 6.07) is 17.0. The minimum absolute atomic E-state index is 0.00376. The molecule has 0 saturated carbocycles. The molecule has 3 aromatic carbocycles. The average Bonchev–Trinajstić information content (AvgIpc) is 3.64. The van der Waals surface area contributed by atoms with Gasteiger partial charge in [-0.3, -0.25) is 14.5 Å². The summed E-state index contributed by atoms with van der Waals surface area (Å²) in [5, 5.41) is 11.9. The maximum atomic E-state index is 13.6. The summed E-state index contributed by atoms with van der Waals surface area (Å²) in [6.07, 6.45) is 2.36. The number of aliphatic hydroxyl groups excluding tert-OH is 1. The van der Waals surface area contributed by atoms with Gasteiger partial charge in [-0.05, 0) is 73.5 Å². The summed E-state index contributed by atoms with van der Waals surface area (Å²) in [5.74, 6) is 0.275. The Balaban J connectivity index is 1.48. The summed E-state index contributed by atoms with van der Waals surface area (Å²) in [6.45, 7) is 8.41. The lowest BCUT2D eigenvalue weighted by Gasteiger charge is -2.23. The predicted molar refractivity (Wildman–Crippen MR) is 158 cm³/mol. The van der Waals surface area contributed by atoms with Gasteiger partial charge in [0.15, 0.2) is 5.13 Å². The Labute approximate surface area is 241 Å². The number of carbonyl (C=O) groups excluding carboxylic acids is 2. The SMILES string of the molecule is C=CCOc1ccc([C@H]2/C(=C(\O)c3ccc4c(c3)C[C@H](C)O4)C(=O)C(=O)N2c2nc3ccc(OCC)cc3s2)cc1. The van der Waals surface area contributed by atoms with Crippen molar-refractivity contribution in [1.82, 2.24) is 4.98 Å². The molecule has 0 radical (unpaired) electrons. The highest BCUT2D eigenvalue weighted by Crippen LogP contribution is 2.45. The van der Waals surface area contributed by atoms with E-state index in [1.54, 1.807) is 42.5 Å². The molecule has 3 heterocycles. The largest absolute Gasteiger partial charge is 0.507 e. The minimum Gasteiger partial charge on any atom is -0.507 e. The Bertz CT molecular complexity index is 1710. The van der Waals surface area contributed by atoms with Gasteiger partial charge in [-0.2, -0.15) is 0 Å². The van der Waals surface area contributed by atoms with Crippen LogP contribution in [0.15, 0.2) is 78.9 Å². The number of amides is 1. The third kappa shape index (κ3) is 4.82. The Morgan fingerprint density at radius 2 is 1.90 bits per heavy atom. The Morgan fingerprint density at radius 3 is 2.66 bits per heavy atom. The first-order valence-corrected chi connectivity index (χ1v) is 14.2. The minimum atomic E-state index is -0.904. The highest BCUT2D eigenvalue weighted by Gasteiger charge is 2.48. The van der Waals surface area contributed by atoms with Gasteiger partial charge in [0, 0.05) is 12.0 Å². The van der Waals surface area contributed by atoms with E-state index in [1.807, 2.05) is 38.1 Å². The molecule has 0 aliphatic carbocycles. The van der Waals surface area contributed by atoms with Crippen molar-refractivity contribution in [3.63, 3.8) is 0 Å². The molecule has 2 aliphatic rings. The first kappa shape index (κ1) is 26.6. The molecule has 0 unspecified atom stereocenters. The van der Waals surface area contributed by atoms with E-state index in [2.05, 4.69) is 6.58 Å². The van der Waals surface area contributed by atoms with Crippen molar-refractivity contribution in [3.05, 3.63) is 95.6 Å². The van der Waals surface area contributed by atoms with Crippen molar-refractivity contribution < 1.29 is 28.9 Å². The molecule has 9 heteroatoms. The number of rotatable bonds is 8. The van der Waals surface area contributed by atoms with Crippen LogP contribution in [-0.2, 0) is 16.0 Å². The molecule has 208 valence electrons. The zero-order chi connectivity index (χ0) is 28.7. The van der Waals surface area contributed by atoms with Crippen LogP contribution in [0.25, 0.3) is 16.0 Å². The molecule has 1 aromatic heterocycles. The van der Waals surface area contributed by atoms with Gasteiger partial charge in [0.1, 0.15) is 35.7 Å². The molecule has 1 saturated heterocycles. The first-order chi connectivity index (χ1) is 19.9. The summed E-state index contributed by atoms with van der Waals surface area (Å²) in [4.78, 5) is 33.3. The zero-order valence-electron chi connectivity index (χ0n) is 22.6.